The first-order chi connectivity index (χ1) is 14.9. The van der Waals surface area contributed by atoms with E-state index in [1.807, 2.05) is 31.2 Å². The van der Waals surface area contributed by atoms with Crippen molar-refractivity contribution in [2.45, 2.75) is 50.9 Å². The Kier molecular flexibility index (Phi) is 5.69. The van der Waals surface area contributed by atoms with Crippen LogP contribution in [0.3, 0.4) is 0 Å². The van der Waals surface area contributed by atoms with Crippen molar-refractivity contribution in [1.82, 2.24) is 5.32 Å². The Hall–Kier alpha value is -3.33. The molecule has 0 saturated heterocycles. The summed E-state index contributed by atoms with van der Waals surface area (Å²) in [6.07, 6.45) is 8.57. The van der Waals surface area contributed by atoms with Crippen LogP contribution in [0.2, 0.25) is 0 Å². The summed E-state index contributed by atoms with van der Waals surface area (Å²) in [5.41, 5.74) is 4.27. The fraction of sp³-hybridized carbons (Fsp3) is 0.400. The maximum atomic E-state index is 13.2. The summed E-state index contributed by atoms with van der Waals surface area (Å²) in [7, 11) is 0. The van der Waals surface area contributed by atoms with Crippen LogP contribution in [0.25, 0.3) is 0 Å². The van der Waals surface area contributed by atoms with Crippen LogP contribution in [-0.4, -0.2) is 23.6 Å². The normalized spacial score (nSPS) is 23.9. The predicted octanol–water partition coefficient (Wildman–Crippen LogP) is 4.07. The van der Waals surface area contributed by atoms with Gasteiger partial charge in [0.2, 0.25) is 5.91 Å². The molecule has 0 bridgehead atoms. The van der Waals surface area contributed by atoms with E-state index in [2.05, 4.69) is 17.5 Å². The van der Waals surface area contributed by atoms with Crippen LogP contribution in [0.1, 0.15) is 49.7 Å². The summed E-state index contributed by atoms with van der Waals surface area (Å²) in [5, 5.41) is 21.3. The Morgan fingerprint density at radius 1 is 1.35 bits per heavy atom. The number of hydrogen-bond acceptors (Lipinski definition) is 4. The van der Waals surface area contributed by atoms with Gasteiger partial charge in [0.25, 0.3) is 0 Å². The number of aliphatic carboxylic acids is 1. The van der Waals surface area contributed by atoms with Gasteiger partial charge in [0.15, 0.2) is 0 Å². The molecule has 0 radical (unpaired) electrons. The SMILES string of the molecule is Cc1ccc2c(c1)C1(CCO2)CC1C(=O)NC1=CCC(C#N)=CC=C1CCCC(=O)O. The molecule has 1 heterocycles. The Balaban J connectivity index is 1.51. The van der Waals surface area contributed by atoms with Gasteiger partial charge in [-0.15, -0.1) is 0 Å². The van der Waals surface area contributed by atoms with Crippen LogP contribution in [0.15, 0.2) is 53.3 Å². The monoisotopic (exact) mass is 418 g/mol. The van der Waals surface area contributed by atoms with Gasteiger partial charge < -0.3 is 15.2 Å². The minimum absolute atomic E-state index is 0.0230. The summed E-state index contributed by atoms with van der Waals surface area (Å²) >= 11 is 0. The van der Waals surface area contributed by atoms with Crippen molar-refractivity contribution in [2.75, 3.05) is 6.61 Å². The number of nitrogens with one attached hydrogen (secondary N) is 1. The third-order valence-corrected chi connectivity index (χ3v) is 6.46. The molecule has 2 atom stereocenters. The second kappa shape index (κ2) is 8.43. The summed E-state index contributed by atoms with van der Waals surface area (Å²) in [4.78, 5) is 24.1. The Morgan fingerprint density at radius 3 is 2.97 bits per heavy atom. The van der Waals surface area contributed by atoms with Gasteiger partial charge in [-0.05, 0) is 50.3 Å². The van der Waals surface area contributed by atoms with Gasteiger partial charge in [0.1, 0.15) is 5.75 Å². The van der Waals surface area contributed by atoms with Gasteiger partial charge in [0, 0.05) is 41.0 Å². The molecule has 31 heavy (non-hydrogen) atoms. The van der Waals surface area contributed by atoms with Gasteiger partial charge >= 0.3 is 5.97 Å². The number of nitriles is 1. The lowest BCUT2D eigenvalue weighted by molar-refractivity contribution is -0.137. The smallest absolute Gasteiger partial charge is 0.303 e. The number of carbonyl (C=O) groups is 2. The predicted molar refractivity (Wildman–Crippen MR) is 115 cm³/mol. The van der Waals surface area contributed by atoms with Crippen molar-refractivity contribution >= 4 is 11.9 Å². The Labute approximate surface area is 181 Å². The molecule has 160 valence electrons. The van der Waals surface area contributed by atoms with E-state index in [0.29, 0.717) is 37.1 Å². The van der Waals surface area contributed by atoms with Gasteiger partial charge in [-0.3, -0.25) is 9.59 Å². The van der Waals surface area contributed by atoms with E-state index in [1.165, 1.54) is 0 Å². The van der Waals surface area contributed by atoms with Crippen LogP contribution >= 0.6 is 0 Å². The third kappa shape index (κ3) is 4.27. The molecule has 1 amide bonds. The first kappa shape index (κ1) is 20.9. The van der Waals surface area contributed by atoms with Crippen molar-refractivity contribution in [3.05, 3.63) is 64.4 Å². The number of carboxylic acids is 1. The second-order valence-corrected chi connectivity index (χ2v) is 8.57. The number of aryl methyl sites for hydroxylation is 1. The number of nitrogens with zero attached hydrogens (tertiary/aromatic N) is 1. The number of allylic oxidation sites excluding steroid dienone is 5. The molecule has 1 aliphatic heterocycles. The lowest BCUT2D eigenvalue weighted by Gasteiger charge is -2.27. The quantitative estimate of drug-likeness (QED) is 0.725. The molecule has 4 rings (SSSR count). The van der Waals surface area contributed by atoms with Crippen LogP contribution < -0.4 is 10.1 Å². The van der Waals surface area contributed by atoms with Gasteiger partial charge in [-0.1, -0.05) is 29.8 Å². The third-order valence-electron chi connectivity index (χ3n) is 6.46. The summed E-state index contributed by atoms with van der Waals surface area (Å²) in [6, 6.07) is 8.31. The molecular weight excluding hydrogens is 392 g/mol. The summed E-state index contributed by atoms with van der Waals surface area (Å²) in [6.45, 7) is 2.66. The van der Waals surface area contributed by atoms with E-state index in [1.54, 1.807) is 6.08 Å². The number of benzene rings is 1. The van der Waals surface area contributed by atoms with E-state index in [-0.39, 0.29) is 23.7 Å². The zero-order valence-electron chi connectivity index (χ0n) is 17.6. The molecule has 1 saturated carbocycles. The molecular formula is C25H26N2O4. The van der Waals surface area contributed by atoms with Gasteiger partial charge in [-0.25, -0.2) is 0 Å². The summed E-state index contributed by atoms with van der Waals surface area (Å²) < 4.78 is 5.82. The highest BCUT2D eigenvalue weighted by atomic mass is 16.5. The molecule has 1 aromatic carbocycles. The van der Waals surface area contributed by atoms with Gasteiger partial charge in [0.05, 0.1) is 12.7 Å². The molecule has 3 aliphatic rings. The zero-order chi connectivity index (χ0) is 22.0. The van der Waals surface area contributed by atoms with Crippen LogP contribution in [0.5, 0.6) is 5.75 Å². The number of carboxylic acid groups (broad SMARTS) is 1. The molecule has 1 fully saturated rings. The highest BCUT2D eigenvalue weighted by Gasteiger charge is 2.61. The number of amides is 1. The lowest BCUT2D eigenvalue weighted by atomic mass is 9.86. The standard InChI is InChI=1S/C25H26N2O4/c1-16-5-10-22-19(13-16)25(11-12-31-22)14-20(25)24(30)27-21-9-7-17(15-26)6-8-18(21)3-2-4-23(28)29/h5-6,8-10,13,20H,2-4,7,11-12,14H2,1H3,(H,27,30)(H,28,29). The molecule has 6 heteroatoms. The average Bonchev–Trinajstić information content (AvgIpc) is 3.49. The highest BCUT2D eigenvalue weighted by molar-refractivity contribution is 5.87. The minimum Gasteiger partial charge on any atom is -0.493 e. The minimum atomic E-state index is -0.842. The van der Waals surface area contributed by atoms with E-state index >= 15 is 0 Å². The largest absolute Gasteiger partial charge is 0.493 e. The molecule has 2 aliphatic carbocycles. The first-order valence-electron chi connectivity index (χ1n) is 10.7. The molecule has 1 spiro atoms. The molecule has 2 unspecified atom stereocenters. The van der Waals surface area contributed by atoms with Crippen molar-refractivity contribution in [1.29, 1.82) is 5.26 Å². The number of fused-ring (bicyclic) bond motifs is 2. The topological polar surface area (TPSA) is 99.4 Å². The van der Waals surface area contributed by atoms with Crippen molar-refractivity contribution in [3.8, 4) is 11.8 Å². The Morgan fingerprint density at radius 2 is 2.19 bits per heavy atom. The molecule has 6 nitrogen and oxygen atoms in total. The number of carbonyl (C=O) groups excluding carboxylic acids is 1. The fourth-order valence-corrected chi connectivity index (χ4v) is 4.64. The van der Waals surface area contributed by atoms with Crippen molar-refractivity contribution in [3.63, 3.8) is 0 Å². The maximum absolute atomic E-state index is 13.2. The van der Waals surface area contributed by atoms with Crippen molar-refractivity contribution < 1.29 is 19.4 Å². The van der Waals surface area contributed by atoms with E-state index in [9.17, 15) is 14.9 Å². The van der Waals surface area contributed by atoms with Crippen LogP contribution in [0.4, 0.5) is 0 Å². The fourth-order valence-electron chi connectivity index (χ4n) is 4.64. The van der Waals surface area contributed by atoms with E-state index in [4.69, 9.17) is 9.84 Å². The number of ether oxygens (including phenoxy) is 1. The van der Waals surface area contributed by atoms with Crippen LogP contribution in [-0.2, 0) is 15.0 Å². The maximum Gasteiger partial charge on any atom is 0.303 e. The zero-order valence-corrected chi connectivity index (χ0v) is 17.6. The average molecular weight is 418 g/mol. The second-order valence-electron chi connectivity index (χ2n) is 8.57. The molecule has 1 aromatic rings. The van der Waals surface area contributed by atoms with E-state index in [0.717, 1.165) is 35.3 Å². The first-order valence-corrected chi connectivity index (χ1v) is 10.7. The Bertz CT molecular complexity index is 1060. The number of hydrogen-bond donors (Lipinski definition) is 2. The summed E-state index contributed by atoms with van der Waals surface area (Å²) in [5.74, 6) is -0.113. The molecule has 2 N–H and O–H groups in total. The van der Waals surface area contributed by atoms with Gasteiger partial charge in [-0.2, -0.15) is 5.26 Å². The highest BCUT2D eigenvalue weighted by Crippen LogP contribution is 2.61. The van der Waals surface area contributed by atoms with Crippen molar-refractivity contribution in [2.24, 2.45) is 5.92 Å². The van der Waals surface area contributed by atoms with E-state index < -0.39 is 5.97 Å². The lowest BCUT2D eigenvalue weighted by Crippen LogP contribution is -2.31. The molecule has 0 aromatic heterocycles. The number of rotatable bonds is 6. The van der Waals surface area contributed by atoms with Crippen LogP contribution in [0, 0.1) is 24.2 Å².